The first-order chi connectivity index (χ1) is 9.57. The van der Waals surface area contributed by atoms with E-state index in [0.29, 0.717) is 44.4 Å². The Labute approximate surface area is 118 Å². The molecule has 6 nitrogen and oxygen atoms in total. The van der Waals surface area contributed by atoms with E-state index in [1.165, 1.54) is 0 Å². The van der Waals surface area contributed by atoms with Crippen molar-refractivity contribution in [3.8, 4) is 0 Å². The first-order valence-electron chi connectivity index (χ1n) is 7.15. The van der Waals surface area contributed by atoms with E-state index in [4.69, 9.17) is 14.0 Å². The fourth-order valence-electron chi connectivity index (χ4n) is 2.27. The van der Waals surface area contributed by atoms with Gasteiger partial charge in [0.25, 0.3) is 0 Å². The summed E-state index contributed by atoms with van der Waals surface area (Å²) in [6.07, 6.45) is 1.60. The molecule has 1 aromatic heterocycles. The van der Waals surface area contributed by atoms with Crippen LogP contribution in [0.3, 0.4) is 0 Å². The molecule has 0 amide bonds. The molecule has 0 spiro atoms. The maximum atomic E-state index is 11.7. The quantitative estimate of drug-likeness (QED) is 0.793. The van der Waals surface area contributed by atoms with Gasteiger partial charge in [-0.1, -0.05) is 19.0 Å². The van der Waals surface area contributed by atoms with E-state index in [-0.39, 0.29) is 18.1 Å². The summed E-state index contributed by atoms with van der Waals surface area (Å²) >= 11 is 0. The van der Waals surface area contributed by atoms with Crippen molar-refractivity contribution in [2.24, 2.45) is 5.92 Å². The topological polar surface area (TPSA) is 74.5 Å². The van der Waals surface area contributed by atoms with Crippen molar-refractivity contribution in [1.29, 1.82) is 0 Å². The minimum Gasteiger partial charge on any atom is -0.381 e. The van der Waals surface area contributed by atoms with Crippen molar-refractivity contribution in [3.05, 3.63) is 11.7 Å². The molecule has 0 saturated carbocycles. The molecule has 1 aliphatic rings. The highest BCUT2D eigenvalue weighted by atomic mass is 16.5. The Bertz CT molecular complexity index is 444. The Morgan fingerprint density at radius 1 is 1.40 bits per heavy atom. The first-order valence-corrected chi connectivity index (χ1v) is 7.15. The lowest BCUT2D eigenvalue weighted by molar-refractivity contribution is -0.121. The van der Waals surface area contributed by atoms with Gasteiger partial charge in [-0.25, -0.2) is 0 Å². The molecule has 1 aliphatic heterocycles. The number of Topliss-reactive ketones (excluding diaryl/α,β-unsaturated/α-hetero) is 1. The standard InChI is InChI=1S/C14H22N2O4/c1-4-19-14(5-7-18-8-6-14)13-15-12(20-16-13)9-11(17)10(2)3/h10H,4-9H2,1-3H3. The molecular formula is C14H22N2O4. The van der Waals surface area contributed by atoms with E-state index in [0.717, 1.165) is 0 Å². The molecule has 0 aromatic carbocycles. The summed E-state index contributed by atoms with van der Waals surface area (Å²) in [5.41, 5.74) is -0.532. The monoisotopic (exact) mass is 282 g/mol. The highest BCUT2D eigenvalue weighted by molar-refractivity contribution is 5.81. The van der Waals surface area contributed by atoms with Crippen molar-refractivity contribution in [2.75, 3.05) is 19.8 Å². The predicted molar refractivity (Wildman–Crippen MR) is 71.2 cm³/mol. The van der Waals surface area contributed by atoms with Gasteiger partial charge >= 0.3 is 0 Å². The Morgan fingerprint density at radius 3 is 2.70 bits per heavy atom. The van der Waals surface area contributed by atoms with Crippen molar-refractivity contribution < 1.29 is 18.8 Å². The molecule has 0 radical (unpaired) electrons. The lowest BCUT2D eigenvalue weighted by Crippen LogP contribution is -2.37. The molecule has 0 aliphatic carbocycles. The summed E-state index contributed by atoms with van der Waals surface area (Å²) < 4.78 is 16.5. The average molecular weight is 282 g/mol. The number of ketones is 1. The van der Waals surface area contributed by atoms with Crippen molar-refractivity contribution in [2.45, 2.75) is 45.6 Å². The third kappa shape index (κ3) is 3.24. The normalized spacial score (nSPS) is 18.4. The number of hydrogen-bond donors (Lipinski definition) is 0. The average Bonchev–Trinajstić information content (AvgIpc) is 2.89. The van der Waals surface area contributed by atoms with Crippen LogP contribution in [0, 0.1) is 5.92 Å². The van der Waals surface area contributed by atoms with Crippen LogP contribution in [0.4, 0.5) is 0 Å². The molecule has 0 N–H and O–H groups in total. The largest absolute Gasteiger partial charge is 0.381 e. The molecular weight excluding hydrogens is 260 g/mol. The van der Waals surface area contributed by atoms with Crippen LogP contribution in [-0.4, -0.2) is 35.7 Å². The lowest BCUT2D eigenvalue weighted by Gasteiger charge is -2.33. The molecule has 112 valence electrons. The van der Waals surface area contributed by atoms with Gasteiger partial charge in [0.15, 0.2) is 0 Å². The van der Waals surface area contributed by atoms with Crippen LogP contribution < -0.4 is 0 Å². The van der Waals surface area contributed by atoms with E-state index in [1.54, 1.807) is 0 Å². The van der Waals surface area contributed by atoms with Crippen LogP contribution in [0.1, 0.15) is 45.3 Å². The van der Waals surface area contributed by atoms with Gasteiger partial charge in [0.05, 0.1) is 6.42 Å². The highest BCUT2D eigenvalue weighted by Gasteiger charge is 2.40. The molecule has 2 heterocycles. The number of rotatable bonds is 6. The number of aromatic nitrogens is 2. The second-order valence-electron chi connectivity index (χ2n) is 5.35. The van der Waals surface area contributed by atoms with Gasteiger partial charge in [-0.2, -0.15) is 4.98 Å². The summed E-state index contributed by atoms with van der Waals surface area (Å²) in [4.78, 5) is 16.1. The molecule has 1 saturated heterocycles. The van der Waals surface area contributed by atoms with Crippen molar-refractivity contribution in [3.63, 3.8) is 0 Å². The number of carbonyl (C=O) groups excluding carboxylic acids is 1. The lowest BCUT2D eigenvalue weighted by atomic mass is 9.93. The van der Waals surface area contributed by atoms with E-state index >= 15 is 0 Å². The molecule has 0 bridgehead atoms. The second-order valence-corrected chi connectivity index (χ2v) is 5.35. The zero-order chi connectivity index (χ0) is 14.6. The van der Waals surface area contributed by atoms with Crippen LogP contribution in [-0.2, 0) is 26.3 Å². The SMILES string of the molecule is CCOC1(c2noc(CC(=O)C(C)C)n2)CCOCC1. The summed E-state index contributed by atoms with van der Waals surface area (Å²) in [5.74, 6) is 0.963. The summed E-state index contributed by atoms with van der Waals surface area (Å²) in [7, 11) is 0. The molecule has 6 heteroatoms. The van der Waals surface area contributed by atoms with Crippen LogP contribution in [0.15, 0.2) is 4.52 Å². The van der Waals surface area contributed by atoms with Gasteiger partial charge < -0.3 is 14.0 Å². The Morgan fingerprint density at radius 2 is 2.10 bits per heavy atom. The third-order valence-corrected chi connectivity index (χ3v) is 3.57. The third-order valence-electron chi connectivity index (χ3n) is 3.57. The maximum Gasteiger partial charge on any atom is 0.234 e. The van der Waals surface area contributed by atoms with Crippen molar-refractivity contribution in [1.82, 2.24) is 10.1 Å². The molecule has 1 fully saturated rings. The zero-order valence-corrected chi connectivity index (χ0v) is 12.3. The number of nitrogens with zero attached hydrogens (tertiary/aromatic N) is 2. The van der Waals surface area contributed by atoms with E-state index in [2.05, 4.69) is 10.1 Å². The van der Waals surface area contributed by atoms with Crippen LogP contribution >= 0.6 is 0 Å². The predicted octanol–water partition coefficient (Wildman–Crippen LogP) is 1.88. The molecule has 20 heavy (non-hydrogen) atoms. The van der Waals surface area contributed by atoms with Crippen molar-refractivity contribution >= 4 is 5.78 Å². The van der Waals surface area contributed by atoms with Gasteiger partial charge in [-0.05, 0) is 6.92 Å². The van der Waals surface area contributed by atoms with Gasteiger partial charge in [0.1, 0.15) is 11.4 Å². The van der Waals surface area contributed by atoms with E-state index in [9.17, 15) is 4.79 Å². The van der Waals surface area contributed by atoms with Gasteiger partial charge in [0, 0.05) is 38.6 Å². The maximum absolute atomic E-state index is 11.7. The summed E-state index contributed by atoms with van der Waals surface area (Å²) in [5, 5.41) is 4.02. The highest BCUT2D eigenvalue weighted by Crippen LogP contribution is 2.34. The zero-order valence-electron chi connectivity index (χ0n) is 12.3. The fraction of sp³-hybridized carbons (Fsp3) is 0.786. The Balaban J connectivity index is 2.14. The smallest absolute Gasteiger partial charge is 0.234 e. The number of carbonyl (C=O) groups is 1. The van der Waals surface area contributed by atoms with Gasteiger partial charge in [-0.3, -0.25) is 4.79 Å². The minimum absolute atomic E-state index is 0.0331. The summed E-state index contributed by atoms with van der Waals surface area (Å²) in [6.45, 7) is 7.48. The Hall–Kier alpha value is -1.27. The van der Waals surface area contributed by atoms with E-state index in [1.807, 2.05) is 20.8 Å². The molecule has 1 aromatic rings. The first kappa shape index (κ1) is 15.1. The molecule has 0 atom stereocenters. The van der Waals surface area contributed by atoms with Crippen LogP contribution in [0.5, 0.6) is 0 Å². The Kier molecular flexibility index (Phi) is 4.88. The number of ether oxygens (including phenoxy) is 2. The fourth-order valence-corrected chi connectivity index (χ4v) is 2.27. The second kappa shape index (κ2) is 6.45. The molecule has 0 unspecified atom stereocenters. The number of hydrogen-bond acceptors (Lipinski definition) is 6. The van der Waals surface area contributed by atoms with Crippen LogP contribution in [0.2, 0.25) is 0 Å². The van der Waals surface area contributed by atoms with Gasteiger partial charge in [-0.15, -0.1) is 0 Å². The van der Waals surface area contributed by atoms with Gasteiger partial charge in [0.2, 0.25) is 11.7 Å². The summed E-state index contributed by atoms with van der Waals surface area (Å²) in [6, 6.07) is 0. The molecule has 2 rings (SSSR count). The van der Waals surface area contributed by atoms with E-state index < -0.39 is 5.60 Å². The minimum atomic E-state index is -0.532. The van der Waals surface area contributed by atoms with Crippen LogP contribution in [0.25, 0.3) is 0 Å².